The summed E-state index contributed by atoms with van der Waals surface area (Å²) in [5.41, 5.74) is 1.16. The third-order valence-corrected chi connectivity index (χ3v) is 5.59. The lowest BCUT2D eigenvalue weighted by atomic mass is 10.2. The molecule has 0 fully saturated rings. The molecule has 6 nitrogen and oxygen atoms in total. The summed E-state index contributed by atoms with van der Waals surface area (Å²) < 4.78 is 12.3. The van der Waals surface area contributed by atoms with Crippen LogP contribution in [-0.2, 0) is 0 Å². The number of benzene rings is 2. The highest BCUT2D eigenvalue weighted by atomic mass is 35.5. The van der Waals surface area contributed by atoms with Crippen molar-refractivity contribution in [3.05, 3.63) is 66.9 Å². The number of thiazole rings is 1. The van der Waals surface area contributed by atoms with E-state index in [9.17, 15) is 4.79 Å². The summed E-state index contributed by atoms with van der Waals surface area (Å²) in [5, 5.41) is 5.35. The zero-order chi connectivity index (χ0) is 19.8. The number of methoxy groups -OCH3 is 2. The molecule has 28 heavy (non-hydrogen) atoms. The summed E-state index contributed by atoms with van der Waals surface area (Å²) >= 11 is 13.3. The van der Waals surface area contributed by atoms with E-state index < -0.39 is 0 Å². The predicted molar refractivity (Wildman–Crippen MR) is 111 cm³/mol. The normalized spacial score (nSPS) is 11.9. The van der Waals surface area contributed by atoms with Gasteiger partial charge < -0.3 is 9.47 Å². The molecule has 4 aromatic rings. The minimum Gasteiger partial charge on any atom is -0.493 e. The molecule has 0 unspecified atom stereocenters. The van der Waals surface area contributed by atoms with Gasteiger partial charge in [-0.1, -0.05) is 40.6 Å². The summed E-state index contributed by atoms with van der Waals surface area (Å²) in [7, 11) is 3.12. The summed E-state index contributed by atoms with van der Waals surface area (Å²) in [4.78, 5) is 17.7. The Hall–Kier alpha value is -2.61. The molecule has 2 aromatic heterocycles. The summed E-state index contributed by atoms with van der Waals surface area (Å²) in [6.45, 7) is 0. The molecule has 0 spiro atoms. The van der Waals surface area contributed by atoms with Gasteiger partial charge in [0, 0.05) is 15.6 Å². The maximum Gasteiger partial charge on any atom is 0.291 e. The van der Waals surface area contributed by atoms with Crippen LogP contribution in [0.25, 0.3) is 22.4 Å². The van der Waals surface area contributed by atoms with Crippen molar-refractivity contribution in [2.75, 3.05) is 14.2 Å². The standard InChI is InChI=1S/C19H13Cl2N3O3S/c1-26-14-6-4-11(7-15(14)27-2)17-22-19-24(23-17)18(25)16(28-19)8-10-3-5-12(20)9-13(10)21/h3-9H,1-2H3/b16-8-. The van der Waals surface area contributed by atoms with E-state index in [-0.39, 0.29) is 5.56 Å². The molecule has 0 saturated heterocycles. The van der Waals surface area contributed by atoms with Crippen molar-refractivity contribution in [2.45, 2.75) is 0 Å². The second-order valence-corrected chi connectivity index (χ2v) is 7.63. The van der Waals surface area contributed by atoms with Crippen LogP contribution >= 0.6 is 34.5 Å². The maximum absolute atomic E-state index is 12.7. The minimum atomic E-state index is -0.259. The molecular weight excluding hydrogens is 421 g/mol. The topological polar surface area (TPSA) is 65.7 Å². The largest absolute Gasteiger partial charge is 0.493 e. The molecule has 0 aliphatic heterocycles. The minimum absolute atomic E-state index is 0.259. The highest BCUT2D eigenvalue weighted by Gasteiger charge is 2.14. The van der Waals surface area contributed by atoms with Crippen LogP contribution in [0.3, 0.4) is 0 Å². The van der Waals surface area contributed by atoms with Gasteiger partial charge in [-0.2, -0.15) is 9.50 Å². The lowest BCUT2D eigenvalue weighted by Crippen LogP contribution is -2.23. The lowest BCUT2D eigenvalue weighted by Gasteiger charge is -2.07. The van der Waals surface area contributed by atoms with Crippen molar-refractivity contribution in [1.29, 1.82) is 0 Å². The van der Waals surface area contributed by atoms with Crippen molar-refractivity contribution >= 4 is 45.6 Å². The number of hydrogen-bond acceptors (Lipinski definition) is 6. The highest BCUT2D eigenvalue weighted by Crippen LogP contribution is 2.31. The van der Waals surface area contributed by atoms with Crippen LogP contribution in [0.15, 0.2) is 41.2 Å². The Labute approximate surface area is 173 Å². The molecular formula is C19H13Cl2N3O3S. The fraction of sp³-hybridized carbons (Fsp3) is 0.105. The van der Waals surface area contributed by atoms with E-state index in [0.29, 0.717) is 42.4 Å². The Kier molecular flexibility index (Phi) is 4.97. The van der Waals surface area contributed by atoms with Crippen molar-refractivity contribution in [3.63, 3.8) is 0 Å². The van der Waals surface area contributed by atoms with E-state index in [1.54, 1.807) is 50.6 Å². The first-order valence-corrected chi connectivity index (χ1v) is 9.66. The monoisotopic (exact) mass is 433 g/mol. The zero-order valence-electron chi connectivity index (χ0n) is 14.8. The number of nitrogens with zero attached hydrogens (tertiary/aromatic N) is 3. The first-order chi connectivity index (χ1) is 13.5. The van der Waals surface area contributed by atoms with Crippen LogP contribution in [-0.4, -0.2) is 28.8 Å². The van der Waals surface area contributed by atoms with Gasteiger partial charge in [-0.3, -0.25) is 4.79 Å². The molecule has 9 heteroatoms. The molecule has 0 bridgehead atoms. The molecule has 4 rings (SSSR count). The van der Waals surface area contributed by atoms with Gasteiger partial charge in [0.25, 0.3) is 5.56 Å². The van der Waals surface area contributed by atoms with Gasteiger partial charge >= 0.3 is 0 Å². The number of ether oxygens (including phenoxy) is 2. The SMILES string of the molecule is COc1ccc(-c2nc3s/c(=C\c4ccc(Cl)cc4Cl)c(=O)n3n2)cc1OC. The Bertz CT molecular complexity index is 1300. The number of aromatic nitrogens is 3. The summed E-state index contributed by atoms with van der Waals surface area (Å²) in [5.74, 6) is 1.60. The van der Waals surface area contributed by atoms with Crippen LogP contribution < -0.4 is 19.6 Å². The first-order valence-electron chi connectivity index (χ1n) is 8.09. The average Bonchev–Trinajstić information content (AvgIpc) is 3.23. The average molecular weight is 434 g/mol. The van der Waals surface area contributed by atoms with Gasteiger partial charge in [-0.25, -0.2) is 0 Å². The zero-order valence-corrected chi connectivity index (χ0v) is 17.1. The van der Waals surface area contributed by atoms with Gasteiger partial charge in [-0.15, -0.1) is 5.10 Å². The van der Waals surface area contributed by atoms with E-state index in [2.05, 4.69) is 10.1 Å². The van der Waals surface area contributed by atoms with Crippen molar-refractivity contribution in [2.24, 2.45) is 0 Å². The van der Waals surface area contributed by atoms with Gasteiger partial charge in [0.1, 0.15) is 0 Å². The molecule has 2 heterocycles. The summed E-state index contributed by atoms with van der Waals surface area (Å²) in [6, 6.07) is 10.5. The van der Waals surface area contributed by atoms with E-state index in [0.717, 1.165) is 5.56 Å². The molecule has 142 valence electrons. The Morgan fingerprint density at radius 1 is 1.07 bits per heavy atom. The van der Waals surface area contributed by atoms with Crippen LogP contribution in [0.5, 0.6) is 11.5 Å². The summed E-state index contributed by atoms with van der Waals surface area (Å²) in [6.07, 6.45) is 1.71. The van der Waals surface area contributed by atoms with Crippen LogP contribution in [0, 0.1) is 0 Å². The Morgan fingerprint density at radius 3 is 2.54 bits per heavy atom. The fourth-order valence-electron chi connectivity index (χ4n) is 2.69. The molecule has 0 radical (unpaired) electrons. The van der Waals surface area contributed by atoms with Gasteiger partial charge in [0.05, 0.1) is 18.8 Å². The van der Waals surface area contributed by atoms with Crippen LogP contribution in [0.4, 0.5) is 0 Å². The fourth-order valence-corrected chi connectivity index (χ4v) is 4.05. The third kappa shape index (κ3) is 3.32. The third-order valence-electron chi connectivity index (χ3n) is 4.07. The molecule has 0 aliphatic rings. The van der Waals surface area contributed by atoms with Gasteiger partial charge in [-0.05, 0) is 42.0 Å². The molecule has 0 atom stereocenters. The van der Waals surface area contributed by atoms with Crippen LogP contribution in [0.1, 0.15) is 5.56 Å². The predicted octanol–water partition coefficient (Wildman–Crippen LogP) is 3.69. The number of fused-ring (bicyclic) bond motifs is 1. The smallest absolute Gasteiger partial charge is 0.291 e. The molecule has 0 saturated carbocycles. The van der Waals surface area contributed by atoms with E-state index in [1.165, 1.54) is 15.9 Å². The van der Waals surface area contributed by atoms with Crippen molar-refractivity contribution in [3.8, 4) is 22.9 Å². The molecule has 0 amide bonds. The number of hydrogen-bond donors (Lipinski definition) is 0. The van der Waals surface area contributed by atoms with E-state index in [1.807, 2.05) is 6.07 Å². The molecule has 0 aliphatic carbocycles. The second kappa shape index (κ2) is 7.43. The quantitative estimate of drug-likeness (QED) is 0.490. The Morgan fingerprint density at radius 2 is 1.86 bits per heavy atom. The van der Waals surface area contributed by atoms with Gasteiger partial charge in [0.2, 0.25) is 4.96 Å². The second-order valence-electron chi connectivity index (χ2n) is 5.78. The first kappa shape index (κ1) is 18.7. The Balaban J connectivity index is 1.78. The molecule has 0 N–H and O–H groups in total. The lowest BCUT2D eigenvalue weighted by molar-refractivity contribution is 0.355. The maximum atomic E-state index is 12.7. The highest BCUT2D eigenvalue weighted by molar-refractivity contribution is 7.15. The number of halogens is 2. The van der Waals surface area contributed by atoms with Crippen LogP contribution in [0.2, 0.25) is 10.0 Å². The van der Waals surface area contributed by atoms with E-state index in [4.69, 9.17) is 32.7 Å². The van der Waals surface area contributed by atoms with Crippen molar-refractivity contribution < 1.29 is 9.47 Å². The van der Waals surface area contributed by atoms with Crippen molar-refractivity contribution in [1.82, 2.24) is 14.6 Å². The molecule has 2 aromatic carbocycles. The van der Waals surface area contributed by atoms with Gasteiger partial charge in [0.15, 0.2) is 17.3 Å². The van der Waals surface area contributed by atoms with E-state index >= 15 is 0 Å². The number of rotatable bonds is 4.